The van der Waals surface area contributed by atoms with Gasteiger partial charge in [-0.2, -0.15) is 0 Å². The van der Waals surface area contributed by atoms with E-state index >= 15 is 0 Å². The number of sulfonamides is 1. The molecule has 0 saturated heterocycles. The number of amides is 1. The Hall–Kier alpha value is -2.94. The Morgan fingerprint density at radius 3 is 2.41 bits per heavy atom. The van der Waals surface area contributed by atoms with Gasteiger partial charge in [-0.15, -0.1) is 22.7 Å². The molecule has 1 aliphatic heterocycles. The molecule has 5 rings (SSSR count). The summed E-state index contributed by atoms with van der Waals surface area (Å²) in [6.45, 7) is 0.650. The number of benzene rings is 2. The number of rotatable bonds is 5. The number of fused-ring (bicyclic) bond motifs is 1. The molecule has 0 radical (unpaired) electrons. The molecule has 1 aliphatic rings. The van der Waals surface area contributed by atoms with Crippen molar-refractivity contribution in [3.63, 3.8) is 0 Å². The second kappa shape index (κ2) is 8.54. The fourth-order valence-corrected chi connectivity index (χ4v) is 6.79. The highest BCUT2D eigenvalue weighted by Crippen LogP contribution is 2.40. The predicted octanol–water partition coefficient (Wildman–Crippen LogP) is 5.40. The Morgan fingerprint density at radius 2 is 1.69 bits per heavy atom. The summed E-state index contributed by atoms with van der Waals surface area (Å²) in [7, 11) is -3.68. The van der Waals surface area contributed by atoms with Crippen molar-refractivity contribution in [3.8, 4) is 0 Å². The van der Waals surface area contributed by atoms with Gasteiger partial charge in [0.2, 0.25) is 0 Å². The Kier molecular flexibility index (Phi) is 5.58. The zero-order valence-corrected chi connectivity index (χ0v) is 19.4. The maximum atomic E-state index is 13.5. The number of carbonyl (C=O) groups excluding carboxylic acids is 1. The molecule has 0 fully saturated rings. The normalized spacial score (nSPS) is 15.9. The topological polar surface area (TPSA) is 66.5 Å². The van der Waals surface area contributed by atoms with Crippen LogP contribution in [0.3, 0.4) is 0 Å². The van der Waals surface area contributed by atoms with E-state index in [-0.39, 0.29) is 16.8 Å². The fraction of sp³-hybridized carbons (Fsp3) is 0.125. The minimum atomic E-state index is -3.68. The lowest BCUT2D eigenvalue weighted by atomic mass is 9.97. The molecule has 0 bridgehead atoms. The van der Waals surface area contributed by atoms with Crippen LogP contribution in [0.15, 0.2) is 88.5 Å². The van der Waals surface area contributed by atoms with Crippen LogP contribution < -0.4 is 4.72 Å². The lowest BCUT2D eigenvalue weighted by molar-refractivity contribution is 0.0699. The lowest BCUT2D eigenvalue weighted by Gasteiger charge is -2.35. The molecule has 0 saturated carbocycles. The van der Waals surface area contributed by atoms with Crippen LogP contribution in [-0.4, -0.2) is 25.8 Å². The molecule has 0 aliphatic carbocycles. The third kappa shape index (κ3) is 3.97. The van der Waals surface area contributed by atoms with Gasteiger partial charge in [-0.05, 0) is 71.3 Å². The summed E-state index contributed by atoms with van der Waals surface area (Å²) in [5.74, 6) is -0.0577. The van der Waals surface area contributed by atoms with Crippen LogP contribution in [0.25, 0.3) is 0 Å². The van der Waals surface area contributed by atoms with Gasteiger partial charge in [0.15, 0.2) is 0 Å². The van der Waals surface area contributed by atoms with Crippen molar-refractivity contribution in [2.75, 3.05) is 11.3 Å². The van der Waals surface area contributed by atoms with Crippen molar-refractivity contribution in [1.29, 1.82) is 0 Å². The van der Waals surface area contributed by atoms with E-state index in [0.29, 0.717) is 17.8 Å². The predicted molar refractivity (Wildman–Crippen MR) is 129 cm³/mol. The Bertz CT molecular complexity index is 1330. The van der Waals surface area contributed by atoms with E-state index in [0.717, 1.165) is 11.3 Å². The monoisotopic (exact) mass is 480 g/mol. The molecule has 1 amide bonds. The van der Waals surface area contributed by atoms with Gasteiger partial charge in [0.05, 0.1) is 10.9 Å². The van der Waals surface area contributed by atoms with Gasteiger partial charge in [-0.3, -0.25) is 9.52 Å². The summed E-state index contributed by atoms with van der Waals surface area (Å²) in [6.07, 6.45) is 0.843. The summed E-state index contributed by atoms with van der Waals surface area (Å²) in [4.78, 5) is 18.0. The molecule has 2 aromatic heterocycles. The van der Waals surface area contributed by atoms with Gasteiger partial charge in [-0.25, -0.2) is 8.42 Å². The first-order valence-electron chi connectivity index (χ1n) is 10.1. The van der Waals surface area contributed by atoms with E-state index < -0.39 is 10.0 Å². The van der Waals surface area contributed by atoms with E-state index in [1.807, 2.05) is 16.3 Å². The standard InChI is InChI=1S/C24H20N2O3S3/c27-24(26-14-12-21-20(13-16-31-21)23(26)22-7-4-15-30-22)17-8-10-18(11-9-17)25-32(28,29)19-5-2-1-3-6-19/h1-11,13,15-16,23,25H,12,14H2/t23-/m0/s1. The first-order valence-corrected chi connectivity index (χ1v) is 13.4. The number of anilines is 1. The molecule has 32 heavy (non-hydrogen) atoms. The highest BCUT2D eigenvalue weighted by Gasteiger charge is 2.33. The molecule has 162 valence electrons. The third-order valence-corrected chi connectivity index (χ3v) is 8.80. The molecule has 3 heterocycles. The SMILES string of the molecule is O=C(c1ccc(NS(=O)(=O)c2ccccc2)cc1)N1CCc2sccc2[C@H]1c1cccs1. The Labute approximate surface area is 195 Å². The van der Waals surface area contributed by atoms with Gasteiger partial charge in [-0.1, -0.05) is 24.3 Å². The number of carbonyl (C=O) groups is 1. The number of nitrogens with zero attached hydrogens (tertiary/aromatic N) is 1. The summed E-state index contributed by atoms with van der Waals surface area (Å²) in [5.41, 5.74) is 2.15. The molecule has 1 atom stereocenters. The van der Waals surface area contributed by atoms with Crippen molar-refractivity contribution in [3.05, 3.63) is 104 Å². The van der Waals surface area contributed by atoms with E-state index in [2.05, 4.69) is 22.2 Å². The second-order valence-electron chi connectivity index (χ2n) is 7.46. The molecule has 1 N–H and O–H groups in total. The smallest absolute Gasteiger partial charge is 0.261 e. The largest absolute Gasteiger partial charge is 0.326 e. The van der Waals surface area contributed by atoms with Crippen LogP contribution in [0.4, 0.5) is 5.69 Å². The average Bonchev–Trinajstić information content (AvgIpc) is 3.51. The number of hydrogen-bond donors (Lipinski definition) is 1. The minimum Gasteiger partial charge on any atom is -0.326 e. The van der Waals surface area contributed by atoms with Crippen molar-refractivity contribution >= 4 is 44.3 Å². The first-order chi connectivity index (χ1) is 15.5. The number of nitrogens with one attached hydrogen (secondary N) is 1. The number of hydrogen-bond acceptors (Lipinski definition) is 5. The van der Waals surface area contributed by atoms with Crippen molar-refractivity contribution < 1.29 is 13.2 Å². The average molecular weight is 481 g/mol. The molecule has 2 aromatic carbocycles. The van der Waals surface area contributed by atoms with E-state index in [4.69, 9.17) is 0 Å². The summed E-state index contributed by atoms with van der Waals surface area (Å²) in [5, 5.41) is 4.12. The molecule has 5 nitrogen and oxygen atoms in total. The first kappa shape index (κ1) is 20.9. The van der Waals surface area contributed by atoms with Crippen molar-refractivity contribution in [2.24, 2.45) is 0 Å². The van der Waals surface area contributed by atoms with Crippen LogP contribution >= 0.6 is 22.7 Å². The van der Waals surface area contributed by atoms with Gasteiger partial charge < -0.3 is 4.90 Å². The van der Waals surface area contributed by atoms with Crippen LogP contribution in [-0.2, 0) is 16.4 Å². The van der Waals surface area contributed by atoms with E-state index in [1.165, 1.54) is 10.4 Å². The zero-order valence-electron chi connectivity index (χ0n) is 17.0. The van der Waals surface area contributed by atoms with Gasteiger partial charge in [0, 0.05) is 27.5 Å². The van der Waals surface area contributed by atoms with E-state index in [1.54, 1.807) is 77.3 Å². The van der Waals surface area contributed by atoms with Crippen LogP contribution in [0.2, 0.25) is 0 Å². The summed E-state index contributed by atoms with van der Waals surface area (Å²) >= 11 is 3.40. The molecule has 4 aromatic rings. The van der Waals surface area contributed by atoms with Crippen LogP contribution in [0.1, 0.15) is 31.7 Å². The van der Waals surface area contributed by atoms with Crippen molar-refractivity contribution in [2.45, 2.75) is 17.4 Å². The highest BCUT2D eigenvalue weighted by molar-refractivity contribution is 7.92. The minimum absolute atomic E-state index is 0.0577. The molecular weight excluding hydrogens is 460 g/mol. The Morgan fingerprint density at radius 1 is 0.906 bits per heavy atom. The zero-order chi connectivity index (χ0) is 22.1. The van der Waals surface area contributed by atoms with Gasteiger partial charge in [0.1, 0.15) is 0 Å². The molecule has 0 spiro atoms. The highest BCUT2D eigenvalue weighted by atomic mass is 32.2. The second-order valence-corrected chi connectivity index (χ2v) is 11.1. The molecular formula is C24H20N2O3S3. The molecule has 0 unspecified atom stereocenters. The third-order valence-electron chi connectivity index (χ3n) is 5.48. The maximum absolute atomic E-state index is 13.5. The van der Waals surface area contributed by atoms with E-state index in [9.17, 15) is 13.2 Å². The van der Waals surface area contributed by atoms with Gasteiger partial charge in [0.25, 0.3) is 15.9 Å². The van der Waals surface area contributed by atoms with Crippen molar-refractivity contribution in [1.82, 2.24) is 4.90 Å². The maximum Gasteiger partial charge on any atom is 0.261 e. The fourth-order valence-electron chi connectivity index (χ4n) is 3.95. The molecule has 8 heteroatoms. The van der Waals surface area contributed by atoms with Gasteiger partial charge >= 0.3 is 0 Å². The summed E-state index contributed by atoms with van der Waals surface area (Å²) < 4.78 is 27.7. The summed E-state index contributed by atoms with van der Waals surface area (Å²) in [6, 6.07) is 20.9. The van der Waals surface area contributed by atoms with Crippen LogP contribution in [0, 0.1) is 0 Å². The van der Waals surface area contributed by atoms with Crippen LogP contribution in [0.5, 0.6) is 0 Å². The lowest BCUT2D eigenvalue weighted by Crippen LogP contribution is -2.39. The number of thiophene rings is 2. The Balaban J connectivity index is 1.39. The quantitative estimate of drug-likeness (QED) is 0.416.